The number of alkyl halides is 1. The second-order valence-corrected chi connectivity index (χ2v) is 11.0. The Morgan fingerprint density at radius 1 is 0.976 bits per heavy atom. The summed E-state index contributed by atoms with van der Waals surface area (Å²) in [5.41, 5.74) is 4.12. The molecule has 41 heavy (non-hydrogen) atoms. The summed E-state index contributed by atoms with van der Waals surface area (Å²) in [4.78, 5) is 32.4. The number of halogens is 1. The average molecular weight is 575 g/mol. The van der Waals surface area contributed by atoms with Crippen LogP contribution in [0.4, 0.5) is 4.39 Å². The van der Waals surface area contributed by atoms with Crippen LogP contribution >= 0.6 is 11.3 Å². The van der Waals surface area contributed by atoms with Gasteiger partial charge in [-0.2, -0.15) is 0 Å². The number of hydrogen-bond acceptors (Lipinski definition) is 6. The number of carbonyl (C=O) groups is 2. The number of thiazole rings is 1. The van der Waals surface area contributed by atoms with E-state index >= 15 is 0 Å². The van der Waals surface area contributed by atoms with E-state index in [0.717, 1.165) is 21.8 Å². The predicted molar refractivity (Wildman–Crippen MR) is 159 cm³/mol. The van der Waals surface area contributed by atoms with Gasteiger partial charge in [0.25, 0.3) is 11.8 Å². The van der Waals surface area contributed by atoms with Crippen LogP contribution in [0.25, 0.3) is 0 Å². The molecular weight excluding hydrogens is 539 g/mol. The van der Waals surface area contributed by atoms with Crippen LogP contribution in [0.2, 0.25) is 0 Å². The molecule has 0 saturated carbocycles. The molecule has 0 saturated heterocycles. The van der Waals surface area contributed by atoms with Crippen molar-refractivity contribution in [2.24, 2.45) is 0 Å². The van der Waals surface area contributed by atoms with Crippen molar-refractivity contribution in [3.05, 3.63) is 123 Å². The maximum Gasteiger partial charge on any atom is 0.253 e. The molecule has 4 rings (SSSR count). The zero-order valence-electron chi connectivity index (χ0n) is 23.2. The van der Waals surface area contributed by atoms with Crippen molar-refractivity contribution in [3.63, 3.8) is 0 Å². The van der Waals surface area contributed by atoms with Crippen LogP contribution in [0.3, 0.4) is 0 Å². The van der Waals surface area contributed by atoms with Gasteiger partial charge in [-0.25, -0.2) is 9.37 Å². The third kappa shape index (κ3) is 8.78. The van der Waals surface area contributed by atoms with Crippen molar-refractivity contribution >= 4 is 23.2 Å². The quantitative estimate of drug-likeness (QED) is 0.216. The van der Waals surface area contributed by atoms with E-state index in [1.807, 2.05) is 48.7 Å². The number of nitrogens with one attached hydrogen (secondary N) is 2. The fourth-order valence-electron chi connectivity index (χ4n) is 4.50. The highest BCUT2D eigenvalue weighted by atomic mass is 32.1. The second-order valence-electron chi connectivity index (χ2n) is 10.0. The molecule has 2 atom stereocenters. The summed E-state index contributed by atoms with van der Waals surface area (Å²) in [7, 11) is 1.71. The van der Waals surface area contributed by atoms with Crippen molar-refractivity contribution < 1.29 is 19.1 Å². The van der Waals surface area contributed by atoms with Crippen LogP contribution in [-0.2, 0) is 26.2 Å². The molecule has 1 heterocycles. The Balaban J connectivity index is 1.42. The van der Waals surface area contributed by atoms with E-state index in [9.17, 15) is 19.1 Å². The fraction of sp³-hybridized carbons (Fsp3) is 0.281. The normalized spacial score (nSPS) is 12.5. The van der Waals surface area contributed by atoms with E-state index < -0.39 is 18.8 Å². The largest absolute Gasteiger partial charge is 0.390 e. The van der Waals surface area contributed by atoms with E-state index in [1.54, 1.807) is 54.4 Å². The van der Waals surface area contributed by atoms with Crippen LogP contribution in [0, 0.1) is 6.92 Å². The molecule has 0 fully saturated rings. The van der Waals surface area contributed by atoms with Gasteiger partial charge in [-0.05, 0) is 48.2 Å². The van der Waals surface area contributed by atoms with Crippen LogP contribution in [-0.4, -0.2) is 52.5 Å². The lowest BCUT2D eigenvalue weighted by Gasteiger charge is -2.25. The van der Waals surface area contributed by atoms with Gasteiger partial charge in [-0.3, -0.25) is 9.59 Å². The summed E-state index contributed by atoms with van der Waals surface area (Å²) in [5.74, 6) is -0.595. The molecule has 0 bridgehead atoms. The number of carbonyl (C=O) groups excluding carboxylic acids is 2. The lowest BCUT2D eigenvalue weighted by Crippen LogP contribution is -2.48. The molecule has 0 spiro atoms. The highest BCUT2D eigenvalue weighted by Crippen LogP contribution is 2.15. The lowest BCUT2D eigenvalue weighted by atomic mass is 10.00. The number of hydrogen-bond donors (Lipinski definition) is 3. The maximum atomic E-state index is 13.3. The molecule has 214 valence electrons. The Labute approximate surface area is 244 Å². The van der Waals surface area contributed by atoms with Gasteiger partial charge in [0, 0.05) is 42.3 Å². The Hall–Kier alpha value is -3.92. The van der Waals surface area contributed by atoms with Gasteiger partial charge >= 0.3 is 0 Å². The first kappa shape index (κ1) is 30.0. The number of rotatable bonds is 13. The van der Waals surface area contributed by atoms with Gasteiger partial charge in [0.2, 0.25) is 0 Å². The third-order valence-corrected chi connectivity index (χ3v) is 7.62. The molecule has 0 aliphatic carbocycles. The SMILES string of the molecule is Cc1csc(CN(C)C(=O)c2cccc(C(=O)N[C@@H](Cc3ccccc3)[C@H](O)CNCc3cccc(CF)c3)c2)n1. The summed E-state index contributed by atoms with van der Waals surface area (Å²) in [5, 5.41) is 20.1. The van der Waals surface area contributed by atoms with Crippen molar-refractivity contribution in [2.45, 2.75) is 45.3 Å². The maximum absolute atomic E-state index is 13.3. The standard InChI is InChI=1S/C32H35FN4O3S/c1-22-21-41-30(35-22)20-37(2)32(40)27-13-7-12-26(16-27)31(39)36-28(15-23-8-4-3-5-9-23)29(38)19-34-18-25-11-6-10-24(14-25)17-33/h3-14,16,21,28-29,34,38H,15,17-20H2,1-2H3,(H,36,39)/t28-,29+/m0/s1. The van der Waals surface area contributed by atoms with Gasteiger partial charge in [0.1, 0.15) is 11.7 Å². The van der Waals surface area contributed by atoms with Crippen LogP contribution in [0.5, 0.6) is 0 Å². The lowest BCUT2D eigenvalue weighted by molar-refractivity contribution is 0.0784. The highest BCUT2D eigenvalue weighted by Gasteiger charge is 2.23. The van der Waals surface area contributed by atoms with E-state index in [2.05, 4.69) is 15.6 Å². The first-order valence-corrected chi connectivity index (χ1v) is 14.3. The van der Waals surface area contributed by atoms with E-state index in [4.69, 9.17) is 0 Å². The van der Waals surface area contributed by atoms with E-state index in [-0.39, 0.29) is 18.4 Å². The molecule has 0 aliphatic heterocycles. The number of aromatic nitrogens is 1. The third-order valence-electron chi connectivity index (χ3n) is 6.67. The molecule has 9 heteroatoms. The fourth-order valence-corrected chi connectivity index (χ4v) is 5.32. The first-order valence-electron chi connectivity index (χ1n) is 13.5. The smallest absolute Gasteiger partial charge is 0.253 e. The average Bonchev–Trinajstić information content (AvgIpc) is 3.41. The number of amides is 2. The van der Waals surface area contributed by atoms with Gasteiger partial charge in [-0.15, -0.1) is 11.3 Å². The summed E-state index contributed by atoms with van der Waals surface area (Å²) in [6.07, 6.45) is -0.484. The minimum absolute atomic E-state index is 0.214. The Morgan fingerprint density at radius 3 is 2.41 bits per heavy atom. The number of nitrogens with zero attached hydrogens (tertiary/aromatic N) is 2. The number of aliphatic hydroxyl groups is 1. The Bertz CT molecular complexity index is 1450. The van der Waals surface area contributed by atoms with Gasteiger partial charge < -0.3 is 20.6 Å². The zero-order valence-corrected chi connectivity index (χ0v) is 24.0. The van der Waals surface area contributed by atoms with Crippen molar-refractivity contribution in [1.29, 1.82) is 0 Å². The van der Waals surface area contributed by atoms with Crippen molar-refractivity contribution in [1.82, 2.24) is 20.5 Å². The minimum Gasteiger partial charge on any atom is -0.390 e. The Kier molecular flexibility index (Phi) is 10.7. The molecule has 7 nitrogen and oxygen atoms in total. The number of benzene rings is 3. The van der Waals surface area contributed by atoms with Crippen LogP contribution in [0.1, 0.15) is 48.1 Å². The topological polar surface area (TPSA) is 94.6 Å². The molecule has 4 aromatic rings. The summed E-state index contributed by atoms with van der Waals surface area (Å²) in [6.45, 7) is 2.43. The molecular formula is C32H35FN4O3S. The molecule has 0 aliphatic rings. The van der Waals surface area contributed by atoms with Crippen molar-refractivity contribution in [3.8, 4) is 0 Å². The van der Waals surface area contributed by atoms with Crippen molar-refractivity contribution in [2.75, 3.05) is 13.6 Å². The molecule has 1 aromatic heterocycles. The highest BCUT2D eigenvalue weighted by molar-refractivity contribution is 7.09. The molecule has 3 aromatic carbocycles. The first-order chi connectivity index (χ1) is 19.8. The van der Waals surface area contributed by atoms with E-state index in [0.29, 0.717) is 36.2 Å². The van der Waals surface area contributed by atoms with Gasteiger partial charge in [0.05, 0.1) is 18.7 Å². The molecule has 3 N–H and O–H groups in total. The van der Waals surface area contributed by atoms with Crippen LogP contribution < -0.4 is 10.6 Å². The molecule has 2 amide bonds. The Morgan fingerprint density at radius 2 is 1.68 bits per heavy atom. The summed E-state index contributed by atoms with van der Waals surface area (Å²) < 4.78 is 13.0. The molecule has 0 unspecified atom stereocenters. The zero-order chi connectivity index (χ0) is 29.2. The summed E-state index contributed by atoms with van der Waals surface area (Å²) >= 11 is 1.50. The van der Waals surface area contributed by atoms with E-state index in [1.165, 1.54) is 11.3 Å². The van der Waals surface area contributed by atoms with Crippen LogP contribution in [0.15, 0.2) is 84.2 Å². The summed E-state index contributed by atoms with van der Waals surface area (Å²) in [6, 6.07) is 22.8. The molecule has 0 radical (unpaired) electrons. The predicted octanol–water partition coefficient (Wildman–Crippen LogP) is 4.69. The number of aryl methyl sites for hydroxylation is 1. The van der Waals surface area contributed by atoms with Gasteiger partial charge in [-0.1, -0.05) is 60.7 Å². The van der Waals surface area contributed by atoms with Gasteiger partial charge in [0.15, 0.2) is 0 Å². The monoisotopic (exact) mass is 574 g/mol. The number of aliphatic hydroxyl groups excluding tert-OH is 1. The second kappa shape index (κ2) is 14.6. The minimum atomic E-state index is -0.902.